The van der Waals surface area contributed by atoms with E-state index in [0.29, 0.717) is 70.5 Å². The minimum Gasteiger partial charge on any atom is -0.493 e. The molecule has 0 radical (unpaired) electrons. The molecule has 5 saturated heterocycles. The van der Waals surface area contributed by atoms with Gasteiger partial charge in [0.2, 0.25) is 11.8 Å². The zero-order valence-corrected chi connectivity index (χ0v) is 32.0. The molecule has 5 fully saturated rings. The van der Waals surface area contributed by atoms with Gasteiger partial charge in [0.25, 0.3) is 5.56 Å². The highest BCUT2D eigenvalue weighted by atomic mass is 32.2. The molecule has 0 bridgehead atoms. The Labute approximate surface area is 324 Å². The molecule has 6 heterocycles. The first kappa shape index (κ1) is 38.1. The van der Waals surface area contributed by atoms with Crippen molar-refractivity contribution in [2.45, 2.75) is 86.9 Å². The molecule has 3 N–H and O–H groups in total. The van der Waals surface area contributed by atoms with E-state index in [-0.39, 0.29) is 29.4 Å². The molecule has 15 heteroatoms. The summed E-state index contributed by atoms with van der Waals surface area (Å²) in [6.07, 6.45) is 7.75. The van der Waals surface area contributed by atoms with Crippen LogP contribution in [0.1, 0.15) is 63.6 Å². The Hall–Kier alpha value is -3.79. The number of ether oxygens (including phenoxy) is 2. The number of hydrogen-bond acceptors (Lipinski definition) is 11. The van der Waals surface area contributed by atoms with Gasteiger partial charge in [-0.15, -0.1) is 0 Å². The van der Waals surface area contributed by atoms with Gasteiger partial charge < -0.3 is 24.7 Å². The van der Waals surface area contributed by atoms with Crippen LogP contribution in [0.3, 0.4) is 0 Å². The van der Waals surface area contributed by atoms with Crippen molar-refractivity contribution in [2.75, 3.05) is 69.3 Å². The smallest absolute Gasteiger partial charge is 0.261 e. The second-order valence-electron chi connectivity index (χ2n) is 15.7. The van der Waals surface area contributed by atoms with Gasteiger partial charge in [-0.05, 0) is 88.6 Å². The van der Waals surface area contributed by atoms with Crippen molar-refractivity contribution in [1.29, 1.82) is 0 Å². The summed E-state index contributed by atoms with van der Waals surface area (Å²) in [5.74, 6) is 0.516. The van der Waals surface area contributed by atoms with Gasteiger partial charge in [0, 0.05) is 81.0 Å². The van der Waals surface area contributed by atoms with E-state index in [1.807, 2.05) is 6.07 Å². The SMILES string of the molecule is O=C1CCC(Nc2ccc(N3CCC(N4CC(N5CCC(CCOc6cc(F)c7c(=O)[nH]c(CSC8CCOCC8)nc7c6)CC5)C4)CC3)c(F)c2)C(=O)N1. The van der Waals surface area contributed by atoms with Crippen molar-refractivity contribution < 1.29 is 27.8 Å². The van der Waals surface area contributed by atoms with E-state index in [1.165, 1.54) is 12.1 Å². The molecule has 3 aromatic rings. The van der Waals surface area contributed by atoms with Crippen LogP contribution in [0.15, 0.2) is 35.1 Å². The number of hydrogen-bond donors (Lipinski definition) is 3. The van der Waals surface area contributed by atoms with Crippen LogP contribution < -0.4 is 25.8 Å². The molecule has 8 rings (SSSR count). The maximum Gasteiger partial charge on any atom is 0.261 e. The van der Waals surface area contributed by atoms with Gasteiger partial charge in [-0.1, -0.05) is 0 Å². The molecule has 1 atom stereocenters. The largest absolute Gasteiger partial charge is 0.493 e. The van der Waals surface area contributed by atoms with Crippen molar-refractivity contribution in [3.8, 4) is 5.75 Å². The molecule has 12 nitrogen and oxygen atoms in total. The Bertz CT molecular complexity index is 1910. The van der Waals surface area contributed by atoms with Crippen LogP contribution in [0.25, 0.3) is 10.9 Å². The standard InChI is InChI=1S/C40H51F2N7O5S/c41-31-19-26(43-33-2-4-37(50)46-39(33)51)1-3-35(31)48-14-7-27(8-15-48)49-22-28(23-49)47-12-5-25(6-13-47)9-18-54-29-20-32(42)38-34(21-29)44-36(45-40(38)52)24-55-30-10-16-53-17-11-30/h1,3,19-21,25,27-28,30,33,43H,2,4-18,22-24H2,(H,44,45,52)(H,46,50,51). The number of aromatic nitrogens is 2. The molecular weight excluding hydrogens is 729 g/mol. The van der Waals surface area contributed by atoms with Gasteiger partial charge in [-0.25, -0.2) is 13.8 Å². The molecular formula is C40H51F2N7O5S. The van der Waals surface area contributed by atoms with Crippen LogP contribution >= 0.6 is 11.8 Å². The average Bonchev–Trinajstić information content (AvgIpc) is 3.16. The first-order valence-electron chi connectivity index (χ1n) is 19.9. The Morgan fingerprint density at radius 1 is 0.891 bits per heavy atom. The zero-order chi connectivity index (χ0) is 37.9. The molecule has 1 unspecified atom stereocenters. The quantitative estimate of drug-likeness (QED) is 0.222. The molecule has 5 aliphatic rings. The summed E-state index contributed by atoms with van der Waals surface area (Å²) in [6.45, 7) is 7.90. The number of H-pyrrole nitrogens is 1. The van der Waals surface area contributed by atoms with Crippen LogP contribution in [0.2, 0.25) is 0 Å². The minimum absolute atomic E-state index is 0.0276. The van der Waals surface area contributed by atoms with Crippen LogP contribution in [0.4, 0.5) is 20.2 Å². The van der Waals surface area contributed by atoms with Crippen LogP contribution in [-0.2, 0) is 20.1 Å². The highest BCUT2D eigenvalue weighted by Gasteiger charge is 2.38. The lowest BCUT2D eigenvalue weighted by molar-refractivity contribution is -0.133. The van der Waals surface area contributed by atoms with Gasteiger partial charge in [0.05, 0.1) is 23.6 Å². The third kappa shape index (κ3) is 9.11. The van der Waals surface area contributed by atoms with E-state index >= 15 is 4.39 Å². The lowest BCUT2D eigenvalue weighted by atomic mass is 9.90. The molecule has 0 spiro atoms. The molecule has 1 aromatic heterocycles. The van der Waals surface area contributed by atoms with E-state index in [4.69, 9.17) is 9.47 Å². The van der Waals surface area contributed by atoms with Gasteiger partial charge >= 0.3 is 0 Å². The number of nitrogens with one attached hydrogen (secondary N) is 3. The zero-order valence-electron chi connectivity index (χ0n) is 31.2. The molecule has 0 saturated carbocycles. The summed E-state index contributed by atoms with van der Waals surface area (Å²) in [5, 5.41) is 5.83. The minimum atomic E-state index is -0.611. The second kappa shape index (κ2) is 17.1. The van der Waals surface area contributed by atoms with E-state index in [0.717, 1.165) is 97.4 Å². The van der Waals surface area contributed by atoms with E-state index in [1.54, 1.807) is 23.9 Å². The molecule has 5 aliphatic heterocycles. The number of likely N-dealkylation sites (tertiary alicyclic amines) is 2. The highest BCUT2D eigenvalue weighted by Crippen LogP contribution is 2.32. The average molecular weight is 780 g/mol. The number of anilines is 2. The summed E-state index contributed by atoms with van der Waals surface area (Å²) in [5.41, 5.74) is 0.999. The number of fused-ring (bicyclic) bond motifs is 1. The number of carbonyl (C=O) groups excluding carboxylic acids is 2. The predicted octanol–water partition coefficient (Wildman–Crippen LogP) is 4.66. The van der Waals surface area contributed by atoms with E-state index in [2.05, 4.69) is 35.3 Å². The van der Waals surface area contributed by atoms with Gasteiger partial charge in [0.15, 0.2) is 0 Å². The number of rotatable bonds is 12. The summed E-state index contributed by atoms with van der Waals surface area (Å²) in [4.78, 5) is 50.9. The molecule has 2 aromatic carbocycles. The van der Waals surface area contributed by atoms with Crippen molar-refractivity contribution in [3.05, 3.63) is 58.1 Å². The molecule has 2 amide bonds. The summed E-state index contributed by atoms with van der Waals surface area (Å²) < 4.78 is 41.6. The maximum atomic E-state index is 15.2. The predicted molar refractivity (Wildman–Crippen MR) is 209 cm³/mol. The van der Waals surface area contributed by atoms with Crippen molar-refractivity contribution in [3.63, 3.8) is 0 Å². The third-order valence-corrected chi connectivity index (χ3v) is 13.5. The van der Waals surface area contributed by atoms with Crippen molar-refractivity contribution >= 4 is 45.9 Å². The summed E-state index contributed by atoms with van der Waals surface area (Å²) >= 11 is 1.75. The number of halogens is 2. The molecule has 55 heavy (non-hydrogen) atoms. The number of nitrogens with zero attached hydrogens (tertiary/aromatic N) is 4. The number of imide groups is 1. The van der Waals surface area contributed by atoms with Gasteiger partial charge in [0.1, 0.15) is 34.6 Å². The van der Waals surface area contributed by atoms with Crippen molar-refractivity contribution in [1.82, 2.24) is 25.1 Å². The van der Waals surface area contributed by atoms with Crippen LogP contribution in [0, 0.1) is 17.6 Å². The van der Waals surface area contributed by atoms with Crippen LogP contribution in [-0.4, -0.2) is 114 Å². The number of benzene rings is 2. The normalized spacial score (nSPS) is 22.9. The number of aromatic amines is 1. The number of carbonyl (C=O) groups is 2. The van der Waals surface area contributed by atoms with E-state index in [9.17, 15) is 18.8 Å². The van der Waals surface area contributed by atoms with E-state index < -0.39 is 17.4 Å². The first-order chi connectivity index (χ1) is 26.8. The Morgan fingerprint density at radius 3 is 2.42 bits per heavy atom. The lowest BCUT2D eigenvalue weighted by Gasteiger charge is -2.52. The Balaban J connectivity index is 0.738. The molecule has 0 aliphatic carbocycles. The third-order valence-electron chi connectivity index (χ3n) is 12.1. The first-order valence-corrected chi connectivity index (χ1v) is 21.0. The van der Waals surface area contributed by atoms with Crippen molar-refractivity contribution in [2.24, 2.45) is 5.92 Å². The highest BCUT2D eigenvalue weighted by molar-refractivity contribution is 7.99. The summed E-state index contributed by atoms with van der Waals surface area (Å²) in [6, 6.07) is 8.57. The number of piperidine rings is 3. The lowest BCUT2D eigenvalue weighted by Crippen LogP contribution is -2.64. The fraction of sp³-hybridized carbons (Fsp3) is 0.600. The second-order valence-corrected chi connectivity index (χ2v) is 17.0. The fourth-order valence-corrected chi connectivity index (χ4v) is 9.82. The Morgan fingerprint density at radius 2 is 1.67 bits per heavy atom. The van der Waals surface area contributed by atoms with Crippen LogP contribution in [0.5, 0.6) is 5.75 Å². The number of thioether (sulfide) groups is 1. The fourth-order valence-electron chi connectivity index (χ4n) is 8.76. The molecule has 296 valence electrons. The topological polar surface area (TPSA) is 132 Å². The monoisotopic (exact) mass is 779 g/mol. The summed E-state index contributed by atoms with van der Waals surface area (Å²) in [7, 11) is 0. The van der Waals surface area contributed by atoms with Gasteiger partial charge in [-0.3, -0.25) is 29.5 Å². The maximum absolute atomic E-state index is 15.2. The van der Waals surface area contributed by atoms with Gasteiger partial charge in [-0.2, -0.15) is 11.8 Å². The number of amides is 2. The Kier molecular flexibility index (Phi) is 11.9.